The van der Waals surface area contributed by atoms with E-state index in [0.717, 1.165) is 4.90 Å². The van der Waals surface area contributed by atoms with Crippen LogP contribution < -0.4 is 5.30 Å². The summed E-state index contributed by atoms with van der Waals surface area (Å²) in [5.41, 5.74) is 0.673. The van der Waals surface area contributed by atoms with E-state index >= 15 is 0 Å². The fourth-order valence-electron chi connectivity index (χ4n) is 2.45. The van der Waals surface area contributed by atoms with Gasteiger partial charge in [0.1, 0.15) is 6.29 Å². The Morgan fingerprint density at radius 2 is 1.41 bits per heavy atom. The lowest BCUT2D eigenvalue weighted by Crippen LogP contribution is -2.32. The van der Waals surface area contributed by atoms with E-state index in [1.807, 2.05) is 0 Å². The molecule has 0 N–H and O–H groups in total. The second-order valence-corrected chi connectivity index (χ2v) is 7.43. The summed E-state index contributed by atoms with van der Waals surface area (Å²) in [7, 11) is -2.00. The Morgan fingerprint density at radius 1 is 0.909 bits per heavy atom. The van der Waals surface area contributed by atoms with E-state index in [0.29, 0.717) is 16.4 Å². The van der Waals surface area contributed by atoms with Gasteiger partial charge >= 0.3 is 0 Å². The molecule has 0 radical (unpaired) electrons. The molecule has 1 aliphatic rings. The molecule has 3 rings (SSSR count). The summed E-state index contributed by atoms with van der Waals surface area (Å²) in [6, 6.07) is 15.2. The summed E-state index contributed by atoms with van der Waals surface area (Å²) in [5, 5.41) is 0.481. The minimum absolute atomic E-state index is 0.264. The van der Waals surface area contributed by atoms with Crippen molar-refractivity contribution in [3.05, 3.63) is 65.7 Å². The summed E-state index contributed by atoms with van der Waals surface area (Å²) in [6.07, 6.45) is -0.264. The Labute approximate surface area is 128 Å². The normalized spacial score (nSPS) is 16.5. The molecular formula is C16H14NO4P. The van der Waals surface area contributed by atoms with Gasteiger partial charge in [0.05, 0.1) is 11.1 Å². The minimum atomic E-state index is -3.32. The fourth-order valence-corrected chi connectivity index (χ4v) is 4.20. The third-order valence-corrected chi connectivity index (χ3v) is 5.98. The van der Waals surface area contributed by atoms with Crippen molar-refractivity contribution in [3.63, 3.8) is 0 Å². The van der Waals surface area contributed by atoms with Gasteiger partial charge in [-0.15, -0.1) is 0 Å². The number of hydrogen-bond acceptors (Lipinski definition) is 4. The maximum absolute atomic E-state index is 13.0. The van der Waals surface area contributed by atoms with Crippen LogP contribution in [0.5, 0.6) is 0 Å². The van der Waals surface area contributed by atoms with E-state index in [1.165, 1.54) is 7.11 Å². The molecule has 1 unspecified atom stereocenters. The van der Waals surface area contributed by atoms with Crippen molar-refractivity contribution < 1.29 is 18.7 Å². The van der Waals surface area contributed by atoms with Crippen molar-refractivity contribution in [3.8, 4) is 0 Å². The highest BCUT2D eigenvalue weighted by Crippen LogP contribution is 2.46. The van der Waals surface area contributed by atoms with Crippen molar-refractivity contribution >= 4 is 24.5 Å². The SMILES string of the molecule is COP(=O)(CN1C(=O)c2ccccc2C1=O)c1ccccc1. The lowest BCUT2D eigenvalue weighted by atomic mass is 10.1. The van der Waals surface area contributed by atoms with Crippen molar-refractivity contribution in [2.24, 2.45) is 0 Å². The standard InChI is InChI=1S/C16H14NO4P/c1-21-22(20,12-7-3-2-4-8-12)11-17-15(18)13-9-5-6-10-14(13)16(17)19/h2-10H,11H2,1H3. The van der Waals surface area contributed by atoms with Gasteiger partial charge < -0.3 is 4.52 Å². The van der Waals surface area contributed by atoms with Crippen LogP contribution in [-0.4, -0.2) is 30.1 Å². The van der Waals surface area contributed by atoms with E-state index in [-0.39, 0.29) is 6.29 Å². The minimum Gasteiger partial charge on any atom is -0.327 e. The number of benzene rings is 2. The van der Waals surface area contributed by atoms with Crippen LogP contribution in [0.2, 0.25) is 0 Å². The Kier molecular flexibility index (Phi) is 3.69. The predicted octanol–water partition coefficient (Wildman–Crippen LogP) is 2.49. The monoisotopic (exact) mass is 315 g/mol. The van der Waals surface area contributed by atoms with Crippen LogP contribution in [0.15, 0.2) is 54.6 Å². The van der Waals surface area contributed by atoms with E-state index in [4.69, 9.17) is 4.52 Å². The highest BCUT2D eigenvalue weighted by molar-refractivity contribution is 7.66. The Morgan fingerprint density at radius 3 is 1.91 bits per heavy atom. The number of carbonyl (C=O) groups excluding carboxylic acids is 2. The molecule has 5 nitrogen and oxygen atoms in total. The first-order chi connectivity index (χ1) is 10.6. The third-order valence-electron chi connectivity index (χ3n) is 3.65. The molecule has 2 amide bonds. The van der Waals surface area contributed by atoms with Crippen LogP contribution >= 0.6 is 7.37 Å². The number of carbonyl (C=O) groups is 2. The molecule has 1 heterocycles. The molecule has 0 aromatic heterocycles. The van der Waals surface area contributed by atoms with E-state index in [2.05, 4.69) is 0 Å². The van der Waals surface area contributed by atoms with Gasteiger partial charge in [-0.1, -0.05) is 30.3 Å². The maximum Gasteiger partial charge on any atom is 0.262 e. The van der Waals surface area contributed by atoms with Gasteiger partial charge in [0.25, 0.3) is 19.2 Å². The molecule has 1 aliphatic heterocycles. The molecule has 0 saturated carbocycles. The molecule has 0 spiro atoms. The number of nitrogens with zero attached hydrogens (tertiary/aromatic N) is 1. The smallest absolute Gasteiger partial charge is 0.262 e. The quantitative estimate of drug-likeness (QED) is 0.642. The van der Waals surface area contributed by atoms with Crippen LogP contribution in [0.25, 0.3) is 0 Å². The molecule has 2 aromatic carbocycles. The topological polar surface area (TPSA) is 63.7 Å². The first-order valence-electron chi connectivity index (χ1n) is 6.72. The van der Waals surface area contributed by atoms with Crippen LogP contribution in [-0.2, 0) is 9.09 Å². The molecule has 0 saturated heterocycles. The largest absolute Gasteiger partial charge is 0.327 e. The van der Waals surface area contributed by atoms with Gasteiger partial charge in [0, 0.05) is 12.4 Å². The van der Waals surface area contributed by atoms with E-state index in [1.54, 1.807) is 54.6 Å². The van der Waals surface area contributed by atoms with Crippen LogP contribution in [0.1, 0.15) is 20.7 Å². The highest BCUT2D eigenvalue weighted by Gasteiger charge is 2.40. The number of fused-ring (bicyclic) bond motifs is 1. The molecule has 0 aliphatic carbocycles. The summed E-state index contributed by atoms with van der Waals surface area (Å²) in [5.74, 6) is -0.873. The van der Waals surface area contributed by atoms with Gasteiger partial charge in [-0.25, -0.2) is 0 Å². The zero-order valence-corrected chi connectivity index (χ0v) is 12.8. The van der Waals surface area contributed by atoms with Gasteiger partial charge in [0.15, 0.2) is 0 Å². The van der Waals surface area contributed by atoms with Crippen LogP contribution in [0.4, 0.5) is 0 Å². The zero-order chi connectivity index (χ0) is 15.7. The molecule has 0 fully saturated rings. The lowest BCUT2D eigenvalue weighted by molar-refractivity contribution is 0.0676. The lowest BCUT2D eigenvalue weighted by Gasteiger charge is -2.22. The Bertz CT molecular complexity index is 753. The Balaban J connectivity index is 1.95. The zero-order valence-electron chi connectivity index (χ0n) is 11.9. The molecule has 22 heavy (non-hydrogen) atoms. The maximum atomic E-state index is 13.0. The second-order valence-electron chi connectivity index (χ2n) is 4.92. The van der Waals surface area contributed by atoms with Crippen molar-refractivity contribution in [2.45, 2.75) is 0 Å². The summed E-state index contributed by atoms with van der Waals surface area (Å²) < 4.78 is 18.2. The van der Waals surface area contributed by atoms with Gasteiger partial charge in [-0.3, -0.25) is 19.1 Å². The molecular weight excluding hydrogens is 301 g/mol. The fraction of sp³-hybridized carbons (Fsp3) is 0.125. The molecule has 0 bridgehead atoms. The van der Waals surface area contributed by atoms with Gasteiger partial charge in [-0.05, 0) is 24.3 Å². The predicted molar refractivity (Wildman–Crippen MR) is 82.5 cm³/mol. The number of imide groups is 1. The Hall–Kier alpha value is -2.23. The van der Waals surface area contributed by atoms with Gasteiger partial charge in [-0.2, -0.15) is 0 Å². The number of hydrogen-bond donors (Lipinski definition) is 0. The van der Waals surface area contributed by atoms with Crippen LogP contribution in [0.3, 0.4) is 0 Å². The first-order valence-corrected chi connectivity index (χ1v) is 8.53. The third kappa shape index (κ3) is 2.28. The van der Waals surface area contributed by atoms with Crippen molar-refractivity contribution in [1.82, 2.24) is 4.90 Å². The molecule has 2 aromatic rings. The summed E-state index contributed by atoms with van der Waals surface area (Å²) in [6.45, 7) is 0. The summed E-state index contributed by atoms with van der Waals surface area (Å²) >= 11 is 0. The molecule has 6 heteroatoms. The van der Waals surface area contributed by atoms with E-state index in [9.17, 15) is 14.2 Å². The highest BCUT2D eigenvalue weighted by atomic mass is 31.2. The number of rotatable bonds is 4. The average Bonchev–Trinajstić information content (AvgIpc) is 2.81. The van der Waals surface area contributed by atoms with Crippen LogP contribution in [0, 0.1) is 0 Å². The summed E-state index contributed by atoms with van der Waals surface area (Å²) in [4.78, 5) is 25.7. The van der Waals surface area contributed by atoms with Crippen molar-refractivity contribution in [1.29, 1.82) is 0 Å². The van der Waals surface area contributed by atoms with Crippen molar-refractivity contribution in [2.75, 3.05) is 13.4 Å². The second kappa shape index (κ2) is 5.52. The van der Waals surface area contributed by atoms with Gasteiger partial charge in [0.2, 0.25) is 0 Å². The molecule has 112 valence electrons. The first kappa shape index (κ1) is 14.7. The van der Waals surface area contributed by atoms with E-state index < -0.39 is 19.2 Å². The number of amides is 2. The molecule has 1 atom stereocenters. The average molecular weight is 315 g/mol.